The summed E-state index contributed by atoms with van der Waals surface area (Å²) in [6.07, 6.45) is 8.46. The van der Waals surface area contributed by atoms with Gasteiger partial charge in [0.1, 0.15) is 24.3 Å². The molecule has 4 heterocycles. The first-order valence-electron chi connectivity index (χ1n) is 9.22. The Morgan fingerprint density at radius 1 is 1.07 bits per heavy atom. The van der Waals surface area contributed by atoms with Crippen LogP contribution >= 0.6 is 0 Å². The largest absolute Gasteiger partial charge is 0.355 e. The Labute approximate surface area is 166 Å². The van der Waals surface area contributed by atoms with E-state index in [1.807, 2.05) is 47.2 Å². The molecule has 0 saturated carbocycles. The number of carbonyl (C=O) groups excluding carboxylic acids is 1. The Bertz CT molecular complexity index is 1100. The van der Waals surface area contributed by atoms with E-state index < -0.39 is 0 Å². The van der Waals surface area contributed by atoms with E-state index in [0.29, 0.717) is 13.1 Å². The molecular formula is C20H18N8O. The summed E-state index contributed by atoms with van der Waals surface area (Å²) < 4.78 is 1.82. The third-order valence-electron chi connectivity index (χ3n) is 4.95. The van der Waals surface area contributed by atoms with Gasteiger partial charge in [0.15, 0.2) is 0 Å². The quantitative estimate of drug-likeness (QED) is 0.544. The summed E-state index contributed by atoms with van der Waals surface area (Å²) in [5.74, 6) is 1.49. The summed E-state index contributed by atoms with van der Waals surface area (Å²) in [6, 6.07) is 11.5. The van der Waals surface area contributed by atoms with Crippen LogP contribution in [0.25, 0.3) is 17.1 Å². The fourth-order valence-electron chi connectivity index (χ4n) is 3.27. The normalized spacial score (nSPS) is 13.9. The molecule has 1 aromatic carbocycles. The number of imidazole rings is 1. The SMILES string of the molecule is O=C(Nc1ccc(-c2ccn[nH]2)cc1)C1CN(c2cc(-n3ccnc3)ncn2)C1. The van der Waals surface area contributed by atoms with E-state index in [9.17, 15) is 4.79 Å². The van der Waals surface area contributed by atoms with Gasteiger partial charge in [-0.25, -0.2) is 15.0 Å². The lowest BCUT2D eigenvalue weighted by molar-refractivity contribution is -0.120. The van der Waals surface area contributed by atoms with Crippen molar-refractivity contribution in [2.24, 2.45) is 5.92 Å². The molecule has 9 heteroatoms. The average Bonchev–Trinajstić information content (AvgIpc) is 3.42. The first-order valence-corrected chi connectivity index (χ1v) is 9.22. The van der Waals surface area contributed by atoms with Gasteiger partial charge in [-0.1, -0.05) is 12.1 Å². The molecule has 9 nitrogen and oxygen atoms in total. The molecule has 1 saturated heterocycles. The van der Waals surface area contributed by atoms with E-state index in [4.69, 9.17) is 0 Å². The Kier molecular flexibility index (Phi) is 4.24. The molecule has 0 unspecified atom stereocenters. The monoisotopic (exact) mass is 386 g/mol. The van der Waals surface area contributed by atoms with Gasteiger partial charge >= 0.3 is 0 Å². The molecule has 1 fully saturated rings. The second-order valence-corrected chi connectivity index (χ2v) is 6.84. The molecule has 29 heavy (non-hydrogen) atoms. The third kappa shape index (κ3) is 3.45. The van der Waals surface area contributed by atoms with Crippen molar-refractivity contribution < 1.29 is 4.79 Å². The molecule has 144 valence electrons. The predicted molar refractivity (Wildman–Crippen MR) is 108 cm³/mol. The van der Waals surface area contributed by atoms with Crippen molar-refractivity contribution >= 4 is 17.4 Å². The van der Waals surface area contributed by atoms with Gasteiger partial charge in [-0.05, 0) is 23.8 Å². The second kappa shape index (κ2) is 7.19. The molecule has 4 aromatic rings. The molecule has 1 aliphatic rings. The van der Waals surface area contributed by atoms with Crippen molar-refractivity contribution in [1.82, 2.24) is 29.7 Å². The number of aromatic amines is 1. The number of hydrogen-bond acceptors (Lipinski definition) is 6. The molecule has 0 bridgehead atoms. The Morgan fingerprint density at radius 3 is 2.62 bits per heavy atom. The average molecular weight is 386 g/mol. The van der Waals surface area contributed by atoms with Gasteiger partial charge in [0.25, 0.3) is 0 Å². The summed E-state index contributed by atoms with van der Waals surface area (Å²) in [6.45, 7) is 1.25. The van der Waals surface area contributed by atoms with Crippen molar-refractivity contribution in [3.05, 3.63) is 67.6 Å². The third-order valence-corrected chi connectivity index (χ3v) is 4.95. The smallest absolute Gasteiger partial charge is 0.231 e. The number of nitrogens with zero attached hydrogens (tertiary/aromatic N) is 6. The van der Waals surface area contributed by atoms with E-state index >= 15 is 0 Å². The van der Waals surface area contributed by atoms with Crippen LogP contribution < -0.4 is 10.2 Å². The number of carbonyl (C=O) groups is 1. The molecular weight excluding hydrogens is 368 g/mol. The Hall–Kier alpha value is -4.01. The maximum atomic E-state index is 12.5. The Balaban J connectivity index is 1.19. The van der Waals surface area contributed by atoms with Gasteiger partial charge < -0.3 is 10.2 Å². The summed E-state index contributed by atoms with van der Waals surface area (Å²) in [7, 11) is 0. The molecule has 1 amide bonds. The van der Waals surface area contributed by atoms with Gasteiger partial charge in [-0.15, -0.1) is 0 Å². The van der Waals surface area contributed by atoms with Crippen molar-refractivity contribution in [2.75, 3.05) is 23.3 Å². The predicted octanol–water partition coefficient (Wildman–Crippen LogP) is 2.13. The number of anilines is 2. The van der Waals surface area contributed by atoms with Gasteiger partial charge in [-0.3, -0.25) is 14.5 Å². The highest BCUT2D eigenvalue weighted by atomic mass is 16.2. The maximum absolute atomic E-state index is 12.5. The first kappa shape index (κ1) is 17.1. The molecule has 3 aromatic heterocycles. The van der Waals surface area contributed by atoms with Crippen LogP contribution in [0, 0.1) is 5.92 Å². The summed E-state index contributed by atoms with van der Waals surface area (Å²) >= 11 is 0. The summed E-state index contributed by atoms with van der Waals surface area (Å²) in [4.78, 5) is 27.2. The topological polar surface area (TPSA) is 105 Å². The van der Waals surface area contributed by atoms with Crippen LogP contribution in [0.15, 0.2) is 67.6 Å². The van der Waals surface area contributed by atoms with E-state index in [0.717, 1.165) is 28.6 Å². The molecule has 0 aliphatic carbocycles. The zero-order chi connectivity index (χ0) is 19.6. The molecule has 0 spiro atoms. The maximum Gasteiger partial charge on any atom is 0.231 e. The van der Waals surface area contributed by atoms with Gasteiger partial charge in [-0.2, -0.15) is 5.10 Å². The van der Waals surface area contributed by atoms with Crippen LogP contribution in [0.4, 0.5) is 11.5 Å². The van der Waals surface area contributed by atoms with Crippen molar-refractivity contribution in [3.8, 4) is 17.1 Å². The number of benzene rings is 1. The minimum atomic E-state index is -0.0751. The van der Waals surface area contributed by atoms with Crippen molar-refractivity contribution in [1.29, 1.82) is 0 Å². The van der Waals surface area contributed by atoms with E-state index in [2.05, 4.69) is 35.4 Å². The van der Waals surface area contributed by atoms with Crippen LogP contribution in [0.3, 0.4) is 0 Å². The number of amides is 1. The van der Waals surface area contributed by atoms with E-state index in [-0.39, 0.29) is 11.8 Å². The summed E-state index contributed by atoms with van der Waals surface area (Å²) in [5.41, 5.74) is 2.74. The van der Waals surface area contributed by atoms with Crippen LogP contribution in [-0.4, -0.2) is 48.7 Å². The fraction of sp³-hybridized carbons (Fsp3) is 0.150. The highest BCUT2D eigenvalue weighted by Gasteiger charge is 2.33. The number of H-pyrrole nitrogens is 1. The molecule has 0 radical (unpaired) electrons. The van der Waals surface area contributed by atoms with Gasteiger partial charge in [0, 0.05) is 43.4 Å². The number of aromatic nitrogens is 6. The molecule has 1 aliphatic heterocycles. The highest BCUT2D eigenvalue weighted by Crippen LogP contribution is 2.25. The number of nitrogens with one attached hydrogen (secondary N) is 2. The minimum absolute atomic E-state index is 0.0134. The lowest BCUT2D eigenvalue weighted by Crippen LogP contribution is -2.52. The van der Waals surface area contributed by atoms with Crippen molar-refractivity contribution in [3.63, 3.8) is 0 Å². The van der Waals surface area contributed by atoms with Crippen LogP contribution in [0.2, 0.25) is 0 Å². The van der Waals surface area contributed by atoms with Gasteiger partial charge in [0.2, 0.25) is 5.91 Å². The van der Waals surface area contributed by atoms with E-state index in [1.165, 1.54) is 6.33 Å². The minimum Gasteiger partial charge on any atom is -0.355 e. The van der Waals surface area contributed by atoms with Crippen LogP contribution in [0.5, 0.6) is 0 Å². The van der Waals surface area contributed by atoms with Crippen molar-refractivity contribution in [2.45, 2.75) is 0 Å². The lowest BCUT2D eigenvalue weighted by atomic mass is 9.99. The number of rotatable bonds is 5. The Morgan fingerprint density at radius 2 is 1.90 bits per heavy atom. The number of hydrogen-bond donors (Lipinski definition) is 2. The molecule has 2 N–H and O–H groups in total. The van der Waals surface area contributed by atoms with E-state index in [1.54, 1.807) is 18.7 Å². The first-order chi connectivity index (χ1) is 14.3. The van der Waals surface area contributed by atoms with Crippen LogP contribution in [-0.2, 0) is 4.79 Å². The summed E-state index contributed by atoms with van der Waals surface area (Å²) in [5, 5.41) is 9.86. The standard InChI is InChI=1S/C20H18N8O/c29-20(25-16-3-1-14(2-4-16)17-5-6-24-26-17)15-10-28(11-15)19-9-18(22-12-23-19)27-8-7-21-13-27/h1-9,12-13,15H,10-11H2,(H,24,26)(H,25,29). The zero-order valence-electron chi connectivity index (χ0n) is 15.4. The molecule has 5 rings (SSSR count). The highest BCUT2D eigenvalue weighted by molar-refractivity contribution is 5.94. The molecule has 0 atom stereocenters. The van der Waals surface area contributed by atoms with Crippen LogP contribution in [0.1, 0.15) is 0 Å². The zero-order valence-corrected chi connectivity index (χ0v) is 15.4. The second-order valence-electron chi connectivity index (χ2n) is 6.84. The fourth-order valence-corrected chi connectivity index (χ4v) is 3.27. The lowest BCUT2D eigenvalue weighted by Gasteiger charge is -2.39. The van der Waals surface area contributed by atoms with Gasteiger partial charge in [0.05, 0.1) is 11.6 Å².